The molecule has 3 heterocycles. The summed E-state index contributed by atoms with van der Waals surface area (Å²) in [4.78, 5) is 27.4. The number of carbonyl (C=O) groups excluding carboxylic acids is 1. The predicted molar refractivity (Wildman–Crippen MR) is 97.0 cm³/mol. The molecular weight excluding hydrogens is 336 g/mol. The van der Waals surface area contributed by atoms with Gasteiger partial charge in [0.05, 0.1) is 5.56 Å². The van der Waals surface area contributed by atoms with Crippen molar-refractivity contribution >= 4 is 17.7 Å². The molecular formula is C18H22N4O2S. The average molecular weight is 358 g/mol. The molecule has 0 unspecified atom stereocenters. The number of hydrogen-bond acceptors (Lipinski definition) is 6. The maximum atomic E-state index is 12.7. The van der Waals surface area contributed by atoms with Gasteiger partial charge in [0.1, 0.15) is 11.1 Å². The lowest BCUT2D eigenvalue weighted by atomic mass is 10.1. The summed E-state index contributed by atoms with van der Waals surface area (Å²) in [5.41, 5.74) is 1.77. The van der Waals surface area contributed by atoms with Gasteiger partial charge in [-0.3, -0.25) is 4.79 Å². The molecule has 0 aliphatic carbocycles. The Bertz CT molecular complexity index is 715. The molecule has 1 aliphatic rings. The Hall–Kier alpha value is -2.15. The van der Waals surface area contributed by atoms with Crippen LogP contribution in [0.15, 0.2) is 35.7 Å². The summed E-state index contributed by atoms with van der Waals surface area (Å²) in [5.74, 6) is 0.0412. The number of hydrogen-bond donors (Lipinski definition) is 0. The van der Waals surface area contributed by atoms with Crippen molar-refractivity contribution < 1.29 is 9.53 Å². The van der Waals surface area contributed by atoms with Gasteiger partial charge in [-0.1, -0.05) is 6.92 Å². The van der Waals surface area contributed by atoms with Crippen molar-refractivity contribution in [3.63, 3.8) is 0 Å². The number of nitrogens with zero attached hydrogens (tertiary/aromatic N) is 4. The number of thioether (sulfide) groups is 1. The first-order valence-electron chi connectivity index (χ1n) is 8.47. The second-order valence-corrected chi connectivity index (χ2v) is 6.69. The molecule has 0 saturated carbocycles. The van der Waals surface area contributed by atoms with Crippen LogP contribution in [0.3, 0.4) is 0 Å². The van der Waals surface area contributed by atoms with Crippen LogP contribution >= 0.6 is 11.8 Å². The summed E-state index contributed by atoms with van der Waals surface area (Å²) < 4.78 is 5.86. The lowest BCUT2D eigenvalue weighted by Crippen LogP contribution is -2.42. The van der Waals surface area contributed by atoms with E-state index in [2.05, 4.69) is 21.9 Å². The van der Waals surface area contributed by atoms with Crippen LogP contribution in [0, 0.1) is 0 Å². The molecule has 0 aromatic carbocycles. The Labute approximate surface area is 152 Å². The highest BCUT2D eigenvalue weighted by atomic mass is 32.2. The molecule has 25 heavy (non-hydrogen) atoms. The number of aromatic nitrogens is 3. The van der Waals surface area contributed by atoms with Gasteiger partial charge in [-0.05, 0) is 30.4 Å². The molecule has 6 nitrogen and oxygen atoms in total. The van der Waals surface area contributed by atoms with Gasteiger partial charge in [-0.25, -0.2) is 15.0 Å². The normalized spacial score (nSPS) is 15.2. The lowest BCUT2D eigenvalue weighted by molar-refractivity contribution is 0.0574. The highest BCUT2D eigenvalue weighted by molar-refractivity contribution is 7.98. The first kappa shape index (κ1) is 17.7. The molecule has 0 bridgehead atoms. The maximum absolute atomic E-state index is 12.7. The third kappa shape index (κ3) is 4.28. The van der Waals surface area contributed by atoms with Crippen LogP contribution in [0.25, 0.3) is 0 Å². The van der Waals surface area contributed by atoms with E-state index in [1.807, 2.05) is 17.2 Å². The Morgan fingerprint density at radius 1 is 1.28 bits per heavy atom. The molecule has 132 valence electrons. The molecule has 1 fully saturated rings. The number of ether oxygens (including phenoxy) is 1. The highest BCUT2D eigenvalue weighted by Gasteiger charge is 2.26. The fourth-order valence-corrected chi connectivity index (χ4v) is 3.34. The molecule has 0 radical (unpaired) electrons. The predicted octanol–water partition coefficient (Wildman–Crippen LogP) is 2.84. The molecule has 0 spiro atoms. The highest BCUT2D eigenvalue weighted by Crippen LogP contribution is 2.22. The molecule has 2 aromatic rings. The Balaban J connectivity index is 1.56. The zero-order valence-electron chi connectivity index (χ0n) is 14.5. The quantitative estimate of drug-likeness (QED) is 0.766. The first-order valence-corrected chi connectivity index (χ1v) is 9.69. The SMILES string of the molecule is CCc1cnc(OC2CCN(C(=O)c3cccnc3SC)CC2)nc1. The summed E-state index contributed by atoms with van der Waals surface area (Å²) in [6.07, 6.45) is 9.76. The first-order chi connectivity index (χ1) is 12.2. The van der Waals surface area contributed by atoms with Crippen molar-refractivity contribution in [3.05, 3.63) is 41.9 Å². The molecule has 0 atom stereocenters. The van der Waals surface area contributed by atoms with E-state index in [4.69, 9.17) is 4.74 Å². The molecule has 3 rings (SSSR count). The van der Waals surface area contributed by atoms with E-state index in [0.717, 1.165) is 29.9 Å². The van der Waals surface area contributed by atoms with Gasteiger partial charge in [-0.2, -0.15) is 0 Å². The Kier molecular flexibility index (Phi) is 5.86. The van der Waals surface area contributed by atoms with Gasteiger partial charge in [0.15, 0.2) is 0 Å². The zero-order valence-corrected chi connectivity index (χ0v) is 15.3. The van der Waals surface area contributed by atoms with E-state index in [1.165, 1.54) is 11.8 Å². The van der Waals surface area contributed by atoms with E-state index >= 15 is 0 Å². The molecule has 0 N–H and O–H groups in total. The third-order valence-corrected chi connectivity index (χ3v) is 5.00. The number of piperidine rings is 1. The van der Waals surface area contributed by atoms with Gasteiger partial charge >= 0.3 is 6.01 Å². The maximum Gasteiger partial charge on any atom is 0.316 e. The minimum absolute atomic E-state index is 0.0412. The topological polar surface area (TPSA) is 68.2 Å². The third-order valence-electron chi connectivity index (χ3n) is 4.29. The van der Waals surface area contributed by atoms with Crippen molar-refractivity contribution in [1.29, 1.82) is 0 Å². The summed E-state index contributed by atoms with van der Waals surface area (Å²) in [6, 6.07) is 4.06. The van der Waals surface area contributed by atoms with Gasteiger partial charge < -0.3 is 9.64 Å². The molecule has 1 saturated heterocycles. The number of amides is 1. The number of carbonyl (C=O) groups is 1. The number of pyridine rings is 1. The lowest BCUT2D eigenvalue weighted by Gasteiger charge is -2.31. The minimum Gasteiger partial charge on any atom is -0.460 e. The van der Waals surface area contributed by atoms with Gasteiger partial charge in [0.2, 0.25) is 0 Å². The number of likely N-dealkylation sites (tertiary alicyclic amines) is 1. The molecule has 1 aliphatic heterocycles. The van der Waals surface area contributed by atoms with Crippen LogP contribution < -0.4 is 4.74 Å². The van der Waals surface area contributed by atoms with Crippen LogP contribution in [-0.4, -0.2) is 51.2 Å². The van der Waals surface area contributed by atoms with Crippen molar-refractivity contribution in [2.45, 2.75) is 37.3 Å². The second kappa shape index (κ2) is 8.29. The van der Waals surface area contributed by atoms with E-state index < -0.39 is 0 Å². The summed E-state index contributed by atoms with van der Waals surface area (Å²) in [5, 5.41) is 0.773. The van der Waals surface area contributed by atoms with Crippen LogP contribution in [0.5, 0.6) is 6.01 Å². The fraction of sp³-hybridized carbons (Fsp3) is 0.444. The van der Waals surface area contributed by atoms with Crippen molar-refractivity contribution in [3.8, 4) is 6.01 Å². The van der Waals surface area contributed by atoms with Crippen molar-refractivity contribution in [1.82, 2.24) is 19.9 Å². The van der Waals surface area contributed by atoms with Gasteiger partial charge in [0, 0.05) is 44.5 Å². The molecule has 2 aromatic heterocycles. The smallest absolute Gasteiger partial charge is 0.316 e. The fourth-order valence-electron chi connectivity index (χ4n) is 2.80. The van der Waals surface area contributed by atoms with Crippen LogP contribution in [0.1, 0.15) is 35.7 Å². The van der Waals surface area contributed by atoms with E-state index in [0.29, 0.717) is 24.7 Å². The van der Waals surface area contributed by atoms with Crippen molar-refractivity contribution in [2.75, 3.05) is 19.3 Å². The Morgan fingerprint density at radius 2 is 2.00 bits per heavy atom. The van der Waals surface area contributed by atoms with E-state index in [1.54, 1.807) is 24.7 Å². The molecule has 1 amide bonds. The minimum atomic E-state index is 0.0412. The van der Waals surface area contributed by atoms with Crippen molar-refractivity contribution in [2.24, 2.45) is 0 Å². The number of rotatable bonds is 5. The summed E-state index contributed by atoms with van der Waals surface area (Å²) in [6.45, 7) is 3.40. The second-order valence-electron chi connectivity index (χ2n) is 5.90. The molecule has 7 heteroatoms. The van der Waals surface area contributed by atoms with Crippen LogP contribution in [0.2, 0.25) is 0 Å². The largest absolute Gasteiger partial charge is 0.460 e. The average Bonchev–Trinajstić information content (AvgIpc) is 2.68. The van der Waals surface area contributed by atoms with E-state index in [-0.39, 0.29) is 12.0 Å². The Morgan fingerprint density at radius 3 is 2.64 bits per heavy atom. The van der Waals surface area contributed by atoms with Crippen LogP contribution in [0.4, 0.5) is 0 Å². The summed E-state index contributed by atoms with van der Waals surface area (Å²) >= 11 is 1.49. The number of aryl methyl sites for hydroxylation is 1. The van der Waals surface area contributed by atoms with Gasteiger partial charge in [0.25, 0.3) is 5.91 Å². The zero-order chi connectivity index (χ0) is 17.6. The monoisotopic (exact) mass is 358 g/mol. The van der Waals surface area contributed by atoms with Gasteiger partial charge in [-0.15, -0.1) is 11.8 Å². The van der Waals surface area contributed by atoms with E-state index in [9.17, 15) is 4.79 Å². The summed E-state index contributed by atoms with van der Waals surface area (Å²) in [7, 11) is 0. The standard InChI is InChI=1S/C18H22N4O2S/c1-3-13-11-20-18(21-12-13)24-14-6-9-22(10-7-14)17(23)15-5-4-8-19-16(15)25-2/h4-5,8,11-12,14H,3,6-7,9-10H2,1-2H3. The van der Waals surface area contributed by atoms with Crippen LogP contribution in [-0.2, 0) is 6.42 Å².